The maximum atomic E-state index is 11.6. The summed E-state index contributed by atoms with van der Waals surface area (Å²) in [4.78, 5) is 12.2. The van der Waals surface area contributed by atoms with Crippen LogP contribution in [0.4, 0.5) is 0 Å². The molecule has 1 aliphatic carbocycles. The van der Waals surface area contributed by atoms with Gasteiger partial charge in [0, 0.05) is 6.54 Å². The molecule has 0 spiro atoms. The van der Waals surface area contributed by atoms with Gasteiger partial charge in [-0.05, 0) is 37.2 Å². The number of nitrogens with zero attached hydrogens (tertiary/aromatic N) is 2. The van der Waals surface area contributed by atoms with Gasteiger partial charge >= 0.3 is 0 Å². The van der Waals surface area contributed by atoms with Crippen molar-refractivity contribution < 1.29 is 9.90 Å². The van der Waals surface area contributed by atoms with Crippen LogP contribution < -0.4 is 5.32 Å². The zero-order valence-corrected chi connectivity index (χ0v) is 9.25. The highest BCUT2D eigenvalue weighted by Gasteiger charge is 2.27. The van der Waals surface area contributed by atoms with Gasteiger partial charge in [-0.25, -0.2) is 0 Å². The number of carbonyl (C=O) groups is 1. The highest BCUT2D eigenvalue weighted by atomic mass is 32.1. The quantitative estimate of drug-likeness (QED) is 0.781. The number of hydrogen-bond acceptors (Lipinski definition) is 5. The molecular weight excluding hydrogens is 214 g/mol. The topological polar surface area (TPSA) is 75.1 Å². The van der Waals surface area contributed by atoms with E-state index in [-0.39, 0.29) is 12.0 Å². The summed E-state index contributed by atoms with van der Waals surface area (Å²) in [6.45, 7) is 2.40. The van der Waals surface area contributed by atoms with E-state index in [1.165, 1.54) is 0 Å². The third kappa shape index (κ3) is 2.32. The first kappa shape index (κ1) is 10.5. The molecule has 0 aliphatic heterocycles. The van der Waals surface area contributed by atoms with E-state index in [2.05, 4.69) is 14.9 Å². The molecule has 15 heavy (non-hydrogen) atoms. The minimum Gasteiger partial charge on any atom is -0.393 e. The molecule has 2 rings (SSSR count). The number of rotatable bonds is 3. The monoisotopic (exact) mass is 227 g/mol. The van der Waals surface area contributed by atoms with Gasteiger partial charge in [-0.3, -0.25) is 4.79 Å². The van der Waals surface area contributed by atoms with Gasteiger partial charge in [-0.15, -0.1) is 5.10 Å². The summed E-state index contributed by atoms with van der Waals surface area (Å²) in [7, 11) is 0. The number of hydrogen-bond donors (Lipinski definition) is 2. The zero-order valence-electron chi connectivity index (χ0n) is 8.43. The van der Waals surface area contributed by atoms with Gasteiger partial charge in [-0.2, -0.15) is 0 Å². The van der Waals surface area contributed by atoms with E-state index in [0.717, 1.165) is 24.4 Å². The van der Waals surface area contributed by atoms with Gasteiger partial charge in [0.2, 0.25) is 0 Å². The van der Waals surface area contributed by atoms with E-state index >= 15 is 0 Å². The van der Waals surface area contributed by atoms with E-state index in [4.69, 9.17) is 5.11 Å². The Balaban J connectivity index is 1.80. The summed E-state index contributed by atoms with van der Waals surface area (Å²) in [6.07, 6.45) is 1.42. The summed E-state index contributed by atoms with van der Waals surface area (Å²) in [5.74, 6) is 0.314. The average molecular weight is 227 g/mol. The molecule has 1 aliphatic rings. The lowest BCUT2D eigenvalue weighted by atomic mass is 9.82. The predicted molar refractivity (Wildman–Crippen MR) is 55.7 cm³/mol. The van der Waals surface area contributed by atoms with Crippen LogP contribution in [0.2, 0.25) is 0 Å². The van der Waals surface area contributed by atoms with E-state index in [0.29, 0.717) is 23.0 Å². The summed E-state index contributed by atoms with van der Waals surface area (Å²) in [6, 6.07) is 0. The van der Waals surface area contributed by atoms with E-state index in [1.54, 1.807) is 6.92 Å². The van der Waals surface area contributed by atoms with E-state index in [1.807, 2.05) is 0 Å². The summed E-state index contributed by atoms with van der Waals surface area (Å²) >= 11 is 1.11. The van der Waals surface area contributed by atoms with Crippen LogP contribution >= 0.6 is 11.5 Å². The van der Waals surface area contributed by atoms with Crippen molar-refractivity contribution in [1.29, 1.82) is 0 Å². The highest BCUT2D eigenvalue weighted by molar-refractivity contribution is 7.07. The fraction of sp³-hybridized carbons (Fsp3) is 0.667. The minimum atomic E-state index is -0.168. The van der Waals surface area contributed by atoms with Crippen molar-refractivity contribution in [3.63, 3.8) is 0 Å². The Morgan fingerprint density at radius 3 is 2.93 bits per heavy atom. The van der Waals surface area contributed by atoms with Crippen molar-refractivity contribution in [2.45, 2.75) is 25.9 Å². The standard InChI is InChI=1S/C9H13N3O2S/c1-5-8(15-12-11-5)9(14)10-4-6-2-7(13)3-6/h6-7,13H,2-4H2,1H3,(H,10,14). The van der Waals surface area contributed by atoms with Gasteiger partial charge in [0.25, 0.3) is 5.91 Å². The van der Waals surface area contributed by atoms with Crippen LogP contribution in [0, 0.1) is 12.8 Å². The van der Waals surface area contributed by atoms with Crippen molar-refractivity contribution in [3.05, 3.63) is 10.6 Å². The predicted octanol–water partition coefficient (Wildman–Crippen LogP) is 0.347. The zero-order chi connectivity index (χ0) is 10.8. The molecule has 1 aromatic heterocycles. The van der Waals surface area contributed by atoms with Gasteiger partial charge in [0.05, 0.1) is 11.8 Å². The molecule has 1 aromatic rings. The minimum absolute atomic E-state index is 0.108. The Morgan fingerprint density at radius 2 is 2.40 bits per heavy atom. The van der Waals surface area contributed by atoms with Crippen LogP contribution in [0.3, 0.4) is 0 Å². The van der Waals surface area contributed by atoms with Gasteiger partial charge in [0.15, 0.2) is 0 Å². The molecule has 0 radical (unpaired) electrons. The van der Waals surface area contributed by atoms with Crippen molar-refractivity contribution in [3.8, 4) is 0 Å². The summed E-state index contributed by atoms with van der Waals surface area (Å²) in [5, 5.41) is 15.7. The highest BCUT2D eigenvalue weighted by Crippen LogP contribution is 2.26. The first-order chi connectivity index (χ1) is 7.16. The Kier molecular flexibility index (Phi) is 2.97. The molecule has 1 amide bonds. The number of amides is 1. The molecule has 2 N–H and O–H groups in total. The lowest BCUT2D eigenvalue weighted by Crippen LogP contribution is -2.38. The number of aliphatic hydroxyl groups is 1. The Hall–Kier alpha value is -1.01. The van der Waals surface area contributed by atoms with Gasteiger partial charge < -0.3 is 10.4 Å². The van der Waals surface area contributed by atoms with Crippen LogP contribution in [0.1, 0.15) is 28.2 Å². The molecule has 0 aromatic carbocycles. The van der Waals surface area contributed by atoms with Crippen molar-refractivity contribution in [2.75, 3.05) is 6.54 Å². The first-order valence-corrected chi connectivity index (χ1v) is 5.69. The Morgan fingerprint density at radius 1 is 1.67 bits per heavy atom. The molecule has 1 fully saturated rings. The average Bonchev–Trinajstić information content (AvgIpc) is 2.57. The van der Waals surface area contributed by atoms with Crippen LogP contribution in [-0.2, 0) is 0 Å². The lowest BCUT2D eigenvalue weighted by Gasteiger charge is -2.31. The molecule has 0 bridgehead atoms. The fourth-order valence-corrected chi connectivity index (χ4v) is 2.20. The maximum Gasteiger partial charge on any atom is 0.264 e. The van der Waals surface area contributed by atoms with Crippen LogP contribution in [0.15, 0.2) is 0 Å². The second-order valence-corrected chi connectivity index (χ2v) is 4.64. The molecule has 1 heterocycles. The van der Waals surface area contributed by atoms with Crippen molar-refractivity contribution in [2.24, 2.45) is 5.92 Å². The number of aromatic nitrogens is 2. The van der Waals surface area contributed by atoms with Crippen LogP contribution in [-0.4, -0.2) is 33.2 Å². The second-order valence-electron chi connectivity index (χ2n) is 3.89. The number of aliphatic hydroxyl groups excluding tert-OH is 1. The first-order valence-electron chi connectivity index (χ1n) is 4.92. The number of nitrogens with one attached hydrogen (secondary N) is 1. The summed E-state index contributed by atoms with van der Waals surface area (Å²) < 4.78 is 3.71. The Labute approximate surface area is 91.7 Å². The van der Waals surface area contributed by atoms with Crippen LogP contribution in [0.25, 0.3) is 0 Å². The molecule has 1 saturated carbocycles. The summed E-state index contributed by atoms with van der Waals surface area (Å²) in [5.41, 5.74) is 0.672. The van der Waals surface area contributed by atoms with E-state index < -0.39 is 0 Å². The van der Waals surface area contributed by atoms with Crippen molar-refractivity contribution >= 4 is 17.4 Å². The molecular formula is C9H13N3O2S. The second kappa shape index (κ2) is 4.24. The van der Waals surface area contributed by atoms with Gasteiger partial charge in [-0.1, -0.05) is 4.49 Å². The molecule has 5 nitrogen and oxygen atoms in total. The largest absolute Gasteiger partial charge is 0.393 e. The lowest BCUT2D eigenvalue weighted by molar-refractivity contribution is 0.0420. The molecule has 0 saturated heterocycles. The smallest absolute Gasteiger partial charge is 0.264 e. The van der Waals surface area contributed by atoms with E-state index in [9.17, 15) is 4.79 Å². The third-order valence-corrected chi connectivity index (χ3v) is 3.45. The fourth-order valence-electron chi connectivity index (χ4n) is 1.62. The number of aryl methyl sites for hydroxylation is 1. The Bertz CT molecular complexity index is 360. The number of carbonyl (C=O) groups excluding carboxylic acids is 1. The van der Waals surface area contributed by atoms with Crippen molar-refractivity contribution in [1.82, 2.24) is 14.9 Å². The van der Waals surface area contributed by atoms with Gasteiger partial charge in [0.1, 0.15) is 4.88 Å². The SMILES string of the molecule is Cc1nnsc1C(=O)NCC1CC(O)C1. The molecule has 0 atom stereocenters. The maximum absolute atomic E-state index is 11.6. The normalized spacial score (nSPS) is 24.7. The molecule has 0 unspecified atom stereocenters. The third-order valence-electron chi connectivity index (χ3n) is 2.62. The molecule has 82 valence electrons. The van der Waals surface area contributed by atoms with Crippen LogP contribution in [0.5, 0.6) is 0 Å². The molecule has 6 heteroatoms.